The van der Waals surface area contributed by atoms with Crippen molar-refractivity contribution in [2.24, 2.45) is 0 Å². The highest BCUT2D eigenvalue weighted by atomic mass is 16.6. The van der Waals surface area contributed by atoms with Crippen LogP contribution in [-0.2, 0) is 11.3 Å². The molecule has 23 heavy (non-hydrogen) atoms. The third-order valence-electron chi connectivity index (χ3n) is 2.79. The Bertz CT molecular complexity index is 498. The van der Waals surface area contributed by atoms with Crippen molar-refractivity contribution >= 4 is 6.09 Å². The van der Waals surface area contributed by atoms with Crippen LogP contribution in [0.2, 0.25) is 0 Å². The Balaban J connectivity index is 2.42. The van der Waals surface area contributed by atoms with Crippen LogP contribution in [0.4, 0.5) is 4.79 Å². The van der Waals surface area contributed by atoms with Crippen molar-refractivity contribution in [3.05, 3.63) is 23.9 Å². The summed E-state index contributed by atoms with van der Waals surface area (Å²) < 4.78 is 10.9. The molecule has 0 bridgehead atoms. The number of nitrogens with zero attached hydrogens (tertiary/aromatic N) is 1. The number of hydrogen-bond donors (Lipinski definition) is 2. The van der Waals surface area contributed by atoms with Gasteiger partial charge in [0, 0.05) is 30.9 Å². The van der Waals surface area contributed by atoms with Crippen molar-refractivity contribution in [2.45, 2.75) is 65.8 Å². The van der Waals surface area contributed by atoms with Crippen molar-refractivity contribution in [3.8, 4) is 5.88 Å². The second kappa shape index (κ2) is 8.72. The molecule has 1 rings (SSSR count). The Morgan fingerprint density at radius 1 is 1.30 bits per heavy atom. The Kier molecular flexibility index (Phi) is 7.29. The van der Waals surface area contributed by atoms with Gasteiger partial charge in [0.15, 0.2) is 0 Å². The highest BCUT2D eigenvalue weighted by molar-refractivity contribution is 5.67. The van der Waals surface area contributed by atoms with E-state index >= 15 is 0 Å². The zero-order valence-electron chi connectivity index (χ0n) is 15.0. The van der Waals surface area contributed by atoms with Gasteiger partial charge in [0.2, 0.25) is 5.88 Å². The molecular formula is C17H29N3O3. The highest BCUT2D eigenvalue weighted by Gasteiger charge is 2.16. The van der Waals surface area contributed by atoms with Crippen LogP contribution in [0.5, 0.6) is 5.88 Å². The molecule has 0 aromatic carbocycles. The smallest absolute Gasteiger partial charge is 0.407 e. The third kappa shape index (κ3) is 8.40. The predicted octanol–water partition coefficient (Wildman–Crippen LogP) is 2.87. The number of rotatable bonds is 7. The van der Waals surface area contributed by atoms with Crippen LogP contribution in [0.3, 0.4) is 0 Å². The molecule has 0 aliphatic rings. The van der Waals surface area contributed by atoms with Gasteiger partial charge in [-0.05, 0) is 47.6 Å². The number of aromatic nitrogens is 1. The lowest BCUT2D eigenvalue weighted by atomic mass is 10.2. The maximum Gasteiger partial charge on any atom is 0.407 e. The van der Waals surface area contributed by atoms with Crippen LogP contribution in [0.15, 0.2) is 18.3 Å². The summed E-state index contributed by atoms with van der Waals surface area (Å²) in [6.07, 6.45) is 1.39. The number of carbonyl (C=O) groups excluding carboxylic acids is 1. The summed E-state index contributed by atoms with van der Waals surface area (Å²) in [5.41, 5.74) is 0.504. The van der Waals surface area contributed by atoms with Crippen molar-refractivity contribution in [1.82, 2.24) is 15.6 Å². The second-order valence-electron chi connectivity index (χ2n) is 6.80. The monoisotopic (exact) mass is 323 g/mol. The number of carbonyl (C=O) groups is 1. The Labute approximate surface area is 139 Å². The minimum absolute atomic E-state index is 0.0786. The van der Waals surface area contributed by atoms with E-state index in [0.29, 0.717) is 19.0 Å². The van der Waals surface area contributed by atoms with Crippen LogP contribution in [0, 0.1) is 0 Å². The number of pyridine rings is 1. The number of nitrogens with one attached hydrogen (secondary N) is 2. The lowest BCUT2D eigenvalue weighted by Gasteiger charge is -2.21. The molecule has 0 saturated heterocycles. The first-order valence-electron chi connectivity index (χ1n) is 7.98. The minimum Gasteiger partial charge on any atom is -0.475 e. The SMILES string of the molecule is CC(CNC(=O)OC(C)(C)C)NCc1cccnc1OC(C)C. The molecule has 0 radical (unpaired) electrons. The maximum absolute atomic E-state index is 11.6. The molecule has 1 aromatic rings. The van der Waals surface area contributed by atoms with E-state index in [2.05, 4.69) is 15.6 Å². The summed E-state index contributed by atoms with van der Waals surface area (Å²) in [6.45, 7) is 12.6. The average molecular weight is 323 g/mol. The fraction of sp³-hybridized carbons (Fsp3) is 0.647. The molecule has 1 unspecified atom stereocenters. The van der Waals surface area contributed by atoms with E-state index in [4.69, 9.17) is 9.47 Å². The summed E-state index contributed by atoms with van der Waals surface area (Å²) in [4.78, 5) is 15.9. The van der Waals surface area contributed by atoms with E-state index in [1.807, 2.05) is 53.7 Å². The first-order chi connectivity index (χ1) is 10.7. The Morgan fingerprint density at radius 3 is 2.61 bits per heavy atom. The van der Waals surface area contributed by atoms with Gasteiger partial charge in [-0.3, -0.25) is 0 Å². The molecule has 1 atom stereocenters. The summed E-state index contributed by atoms with van der Waals surface area (Å²) in [5, 5.41) is 6.09. The molecule has 6 nitrogen and oxygen atoms in total. The molecule has 0 fully saturated rings. The normalized spacial score (nSPS) is 12.8. The van der Waals surface area contributed by atoms with E-state index in [9.17, 15) is 4.79 Å². The number of ether oxygens (including phenoxy) is 2. The minimum atomic E-state index is -0.487. The summed E-state index contributed by atoms with van der Waals surface area (Å²) in [6, 6.07) is 3.95. The van der Waals surface area contributed by atoms with Crippen molar-refractivity contribution < 1.29 is 14.3 Å². The molecule has 0 aliphatic carbocycles. The first-order valence-corrected chi connectivity index (χ1v) is 7.98. The molecule has 2 N–H and O–H groups in total. The van der Waals surface area contributed by atoms with Crippen LogP contribution < -0.4 is 15.4 Å². The van der Waals surface area contributed by atoms with Gasteiger partial charge in [-0.25, -0.2) is 9.78 Å². The van der Waals surface area contributed by atoms with Gasteiger partial charge >= 0.3 is 6.09 Å². The topological polar surface area (TPSA) is 72.5 Å². The molecule has 0 aliphatic heterocycles. The van der Waals surface area contributed by atoms with Crippen LogP contribution in [-0.4, -0.2) is 35.4 Å². The lowest BCUT2D eigenvalue weighted by Crippen LogP contribution is -2.41. The largest absolute Gasteiger partial charge is 0.475 e. The Hall–Kier alpha value is -1.82. The van der Waals surface area contributed by atoms with Gasteiger partial charge in [-0.2, -0.15) is 0 Å². The fourth-order valence-electron chi connectivity index (χ4n) is 1.79. The standard InChI is InChI=1S/C17H29N3O3/c1-12(2)22-15-14(8-7-9-18-15)11-19-13(3)10-20-16(21)23-17(4,5)6/h7-9,12-13,19H,10-11H2,1-6H3,(H,20,21). The quantitative estimate of drug-likeness (QED) is 0.807. The molecule has 1 aromatic heterocycles. The van der Waals surface area contributed by atoms with Crippen LogP contribution in [0.25, 0.3) is 0 Å². The number of alkyl carbamates (subject to hydrolysis) is 1. The van der Waals surface area contributed by atoms with Crippen LogP contribution in [0.1, 0.15) is 47.1 Å². The maximum atomic E-state index is 11.6. The van der Waals surface area contributed by atoms with Gasteiger partial charge in [0.25, 0.3) is 0 Å². The molecule has 1 amide bonds. The van der Waals surface area contributed by atoms with E-state index in [-0.39, 0.29) is 12.1 Å². The zero-order valence-corrected chi connectivity index (χ0v) is 15.0. The zero-order chi connectivity index (χ0) is 17.5. The van der Waals surface area contributed by atoms with E-state index in [0.717, 1.165) is 5.56 Å². The van der Waals surface area contributed by atoms with E-state index in [1.54, 1.807) is 6.20 Å². The molecular weight excluding hydrogens is 294 g/mol. The average Bonchev–Trinajstić information content (AvgIpc) is 2.41. The highest BCUT2D eigenvalue weighted by Crippen LogP contribution is 2.15. The van der Waals surface area contributed by atoms with Gasteiger partial charge in [-0.1, -0.05) is 6.07 Å². The summed E-state index contributed by atoms with van der Waals surface area (Å²) >= 11 is 0. The first kappa shape index (κ1) is 19.2. The van der Waals surface area contributed by atoms with Gasteiger partial charge in [0.1, 0.15) is 5.60 Å². The summed E-state index contributed by atoms with van der Waals surface area (Å²) in [5.74, 6) is 0.641. The molecule has 6 heteroatoms. The van der Waals surface area contributed by atoms with E-state index < -0.39 is 11.7 Å². The predicted molar refractivity (Wildman–Crippen MR) is 90.5 cm³/mol. The van der Waals surface area contributed by atoms with Gasteiger partial charge in [0.05, 0.1) is 6.10 Å². The molecule has 0 spiro atoms. The lowest BCUT2D eigenvalue weighted by molar-refractivity contribution is 0.0523. The second-order valence-corrected chi connectivity index (χ2v) is 6.80. The van der Waals surface area contributed by atoms with Crippen molar-refractivity contribution in [2.75, 3.05) is 6.54 Å². The molecule has 130 valence electrons. The Morgan fingerprint density at radius 2 is 2.00 bits per heavy atom. The fourth-order valence-corrected chi connectivity index (χ4v) is 1.79. The van der Waals surface area contributed by atoms with Gasteiger partial charge in [-0.15, -0.1) is 0 Å². The van der Waals surface area contributed by atoms with Crippen LogP contribution >= 0.6 is 0 Å². The van der Waals surface area contributed by atoms with Crippen molar-refractivity contribution in [1.29, 1.82) is 0 Å². The van der Waals surface area contributed by atoms with Gasteiger partial charge < -0.3 is 20.1 Å². The molecule has 1 heterocycles. The molecule has 0 saturated carbocycles. The van der Waals surface area contributed by atoms with Crippen molar-refractivity contribution in [3.63, 3.8) is 0 Å². The third-order valence-corrected chi connectivity index (χ3v) is 2.79. The number of amides is 1. The van der Waals surface area contributed by atoms with E-state index in [1.165, 1.54) is 0 Å². The number of hydrogen-bond acceptors (Lipinski definition) is 5. The summed E-state index contributed by atoms with van der Waals surface area (Å²) in [7, 11) is 0.